The van der Waals surface area contributed by atoms with Crippen molar-refractivity contribution in [2.24, 2.45) is 0 Å². The summed E-state index contributed by atoms with van der Waals surface area (Å²) in [4.78, 5) is 6.86. The van der Waals surface area contributed by atoms with Crippen molar-refractivity contribution < 1.29 is 14.6 Å². The molecule has 1 aromatic rings. The van der Waals surface area contributed by atoms with Crippen LogP contribution in [0.15, 0.2) is 0 Å². The molecule has 2 aliphatic rings. The highest BCUT2D eigenvalue weighted by molar-refractivity contribution is 5.61. The van der Waals surface area contributed by atoms with Gasteiger partial charge in [0.1, 0.15) is 24.1 Å². The number of fused-ring (bicyclic) bond motifs is 1. The summed E-state index contributed by atoms with van der Waals surface area (Å²) in [5, 5.41) is 18.6. The van der Waals surface area contributed by atoms with Gasteiger partial charge in [0.05, 0.1) is 18.8 Å². The third kappa shape index (κ3) is 3.12. The highest BCUT2D eigenvalue weighted by Gasteiger charge is 2.34. The van der Waals surface area contributed by atoms with Crippen LogP contribution in [0.4, 0.5) is 5.82 Å². The van der Waals surface area contributed by atoms with Gasteiger partial charge in [-0.05, 0) is 32.3 Å². The van der Waals surface area contributed by atoms with E-state index in [-0.39, 0.29) is 18.8 Å². The lowest BCUT2D eigenvalue weighted by Gasteiger charge is -2.35. The molecule has 0 aromatic carbocycles. The minimum Gasteiger partial charge on any atom is -0.474 e. The number of anilines is 1. The molecule has 6 nitrogen and oxygen atoms in total. The molecule has 1 N–H and O–H groups in total. The van der Waals surface area contributed by atoms with Crippen molar-refractivity contribution in [1.29, 1.82) is 5.26 Å². The summed E-state index contributed by atoms with van der Waals surface area (Å²) < 4.78 is 11.5. The van der Waals surface area contributed by atoms with E-state index in [1.54, 1.807) is 0 Å². The molecule has 0 atom stereocenters. The van der Waals surface area contributed by atoms with E-state index in [0.29, 0.717) is 24.5 Å². The van der Waals surface area contributed by atoms with Crippen molar-refractivity contribution in [3.63, 3.8) is 0 Å². The Labute approximate surface area is 136 Å². The maximum atomic E-state index is 9.61. The highest BCUT2D eigenvalue weighted by atomic mass is 16.5. The predicted molar refractivity (Wildman–Crippen MR) is 85.6 cm³/mol. The number of nitriles is 1. The average molecular weight is 317 g/mol. The molecule has 6 heteroatoms. The maximum absolute atomic E-state index is 9.61. The van der Waals surface area contributed by atoms with Gasteiger partial charge in [-0.15, -0.1) is 0 Å². The lowest BCUT2D eigenvalue weighted by molar-refractivity contribution is -0.0401. The number of hydrogen-bond acceptors (Lipinski definition) is 6. The Morgan fingerprint density at radius 2 is 2.09 bits per heavy atom. The molecule has 23 heavy (non-hydrogen) atoms. The zero-order chi connectivity index (χ0) is 16.4. The molecule has 0 radical (unpaired) electrons. The van der Waals surface area contributed by atoms with Gasteiger partial charge in [0.15, 0.2) is 0 Å². The maximum Gasteiger partial charge on any atom is 0.234 e. The van der Waals surface area contributed by atoms with Crippen molar-refractivity contribution in [3.05, 3.63) is 16.7 Å². The van der Waals surface area contributed by atoms with E-state index in [1.807, 2.05) is 13.8 Å². The summed E-state index contributed by atoms with van der Waals surface area (Å²) in [5.74, 6) is 1.21. The number of aliphatic hydroxyl groups excluding tert-OH is 1. The number of ether oxygens (including phenoxy) is 2. The molecule has 0 amide bonds. The fourth-order valence-corrected chi connectivity index (χ4v) is 3.28. The number of nitrogens with zero attached hydrogens (tertiary/aromatic N) is 3. The normalized spacial score (nSPS) is 19.3. The summed E-state index contributed by atoms with van der Waals surface area (Å²) in [6, 6.07) is 2.24. The van der Waals surface area contributed by atoms with E-state index in [1.165, 1.54) is 0 Å². The van der Waals surface area contributed by atoms with Crippen LogP contribution in [0.2, 0.25) is 0 Å². The van der Waals surface area contributed by atoms with Gasteiger partial charge < -0.3 is 19.5 Å². The molecule has 1 fully saturated rings. The van der Waals surface area contributed by atoms with Crippen molar-refractivity contribution in [1.82, 2.24) is 4.98 Å². The third-order valence-electron chi connectivity index (χ3n) is 4.41. The first-order chi connectivity index (χ1) is 11.1. The van der Waals surface area contributed by atoms with E-state index in [9.17, 15) is 5.26 Å². The minimum atomic E-state index is -0.309. The summed E-state index contributed by atoms with van der Waals surface area (Å²) in [5.41, 5.74) is 2.16. The Hall–Kier alpha value is -1.84. The van der Waals surface area contributed by atoms with Crippen LogP contribution in [-0.4, -0.2) is 42.0 Å². The van der Waals surface area contributed by atoms with Gasteiger partial charge in [-0.3, -0.25) is 0 Å². The van der Waals surface area contributed by atoms with Gasteiger partial charge in [-0.25, -0.2) is 0 Å². The highest BCUT2D eigenvalue weighted by Crippen LogP contribution is 2.39. The molecule has 0 unspecified atom stereocenters. The van der Waals surface area contributed by atoms with Crippen LogP contribution in [0.3, 0.4) is 0 Å². The number of aliphatic hydroxyl groups is 1. The Morgan fingerprint density at radius 1 is 1.35 bits per heavy atom. The van der Waals surface area contributed by atoms with Gasteiger partial charge in [-0.1, -0.05) is 0 Å². The topological polar surface area (TPSA) is 78.6 Å². The second-order valence-electron chi connectivity index (χ2n) is 6.68. The summed E-state index contributed by atoms with van der Waals surface area (Å²) in [6.45, 7) is 6.50. The van der Waals surface area contributed by atoms with E-state index in [2.05, 4.69) is 16.0 Å². The molecule has 0 spiro atoms. The number of pyridine rings is 1. The molecule has 1 aromatic heterocycles. The van der Waals surface area contributed by atoms with Crippen LogP contribution in [0.5, 0.6) is 5.88 Å². The lowest BCUT2D eigenvalue weighted by Crippen LogP contribution is -2.34. The van der Waals surface area contributed by atoms with Crippen LogP contribution >= 0.6 is 0 Å². The average Bonchev–Trinajstić information content (AvgIpc) is 3.05. The smallest absolute Gasteiger partial charge is 0.234 e. The van der Waals surface area contributed by atoms with Crippen molar-refractivity contribution >= 4 is 5.82 Å². The molecular weight excluding hydrogens is 294 g/mol. The quantitative estimate of drug-likeness (QED) is 0.912. The summed E-state index contributed by atoms with van der Waals surface area (Å²) >= 11 is 0. The second kappa shape index (κ2) is 6.34. The SMILES string of the molecule is CC1(C)Cc2c(C#N)c(OCCO)nc(N3CCCC3)c2CO1. The molecule has 2 aliphatic heterocycles. The van der Waals surface area contributed by atoms with Crippen LogP contribution in [0.1, 0.15) is 43.4 Å². The molecule has 124 valence electrons. The van der Waals surface area contributed by atoms with E-state index in [0.717, 1.165) is 42.9 Å². The van der Waals surface area contributed by atoms with Gasteiger partial charge in [0, 0.05) is 25.1 Å². The first kappa shape index (κ1) is 16.0. The number of aromatic nitrogens is 1. The summed E-state index contributed by atoms with van der Waals surface area (Å²) in [7, 11) is 0. The Bertz CT molecular complexity index is 631. The van der Waals surface area contributed by atoms with Gasteiger partial charge in [0.2, 0.25) is 5.88 Å². The van der Waals surface area contributed by atoms with Crippen LogP contribution in [0.25, 0.3) is 0 Å². The minimum absolute atomic E-state index is 0.0999. The molecule has 0 aliphatic carbocycles. The van der Waals surface area contributed by atoms with Gasteiger partial charge >= 0.3 is 0 Å². The largest absolute Gasteiger partial charge is 0.474 e. The molecular formula is C17H23N3O3. The first-order valence-corrected chi connectivity index (χ1v) is 8.14. The molecule has 0 saturated carbocycles. The monoisotopic (exact) mass is 317 g/mol. The molecule has 3 rings (SSSR count). The molecule has 1 saturated heterocycles. The third-order valence-corrected chi connectivity index (χ3v) is 4.41. The van der Waals surface area contributed by atoms with Crippen LogP contribution in [0, 0.1) is 11.3 Å². The van der Waals surface area contributed by atoms with E-state index >= 15 is 0 Å². The number of hydrogen-bond donors (Lipinski definition) is 1. The van der Waals surface area contributed by atoms with Gasteiger partial charge in [-0.2, -0.15) is 10.2 Å². The number of rotatable bonds is 4. The van der Waals surface area contributed by atoms with E-state index < -0.39 is 0 Å². The Balaban J connectivity index is 2.11. The molecule has 0 bridgehead atoms. The zero-order valence-corrected chi connectivity index (χ0v) is 13.8. The molecule has 3 heterocycles. The lowest BCUT2D eigenvalue weighted by atomic mass is 9.89. The zero-order valence-electron chi connectivity index (χ0n) is 13.8. The first-order valence-electron chi connectivity index (χ1n) is 8.14. The van der Waals surface area contributed by atoms with Crippen LogP contribution in [-0.2, 0) is 17.8 Å². The predicted octanol–water partition coefficient (Wildman–Crippen LogP) is 1.78. The van der Waals surface area contributed by atoms with Crippen molar-refractivity contribution in [3.8, 4) is 11.9 Å². The van der Waals surface area contributed by atoms with Crippen LogP contribution < -0.4 is 9.64 Å². The summed E-state index contributed by atoms with van der Waals surface area (Å²) in [6.07, 6.45) is 2.95. The van der Waals surface area contributed by atoms with E-state index in [4.69, 9.17) is 14.6 Å². The van der Waals surface area contributed by atoms with Crippen molar-refractivity contribution in [2.45, 2.75) is 45.3 Å². The Morgan fingerprint density at radius 3 is 2.74 bits per heavy atom. The fraction of sp³-hybridized carbons (Fsp3) is 0.647. The second-order valence-corrected chi connectivity index (χ2v) is 6.68. The standard InChI is InChI=1S/C17H23N3O3/c1-17(2)9-12-13(10-18)16(22-8-7-21)19-15(14(12)11-23-17)20-5-3-4-6-20/h21H,3-9,11H2,1-2H3. The van der Waals surface area contributed by atoms with Crippen molar-refractivity contribution in [2.75, 3.05) is 31.2 Å². The Kier molecular flexibility index (Phi) is 4.42. The fourth-order valence-electron chi connectivity index (χ4n) is 3.28. The van der Waals surface area contributed by atoms with Gasteiger partial charge in [0.25, 0.3) is 0 Å².